The van der Waals surface area contributed by atoms with Crippen LogP contribution in [0.2, 0.25) is 0 Å². The van der Waals surface area contributed by atoms with Crippen LogP contribution < -0.4 is 15.8 Å². The molecule has 1 aliphatic rings. The second kappa shape index (κ2) is 14.0. The molecule has 1 aliphatic heterocycles. The van der Waals surface area contributed by atoms with Crippen molar-refractivity contribution in [3.05, 3.63) is 77.4 Å². The number of anilines is 3. The van der Waals surface area contributed by atoms with Crippen molar-refractivity contribution in [1.29, 1.82) is 0 Å². The maximum Gasteiger partial charge on any atom is 0.303 e. The lowest BCUT2D eigenvalue weighted by Gasteiger charge is -2.36. The monoisotopic (exact) mass is 616 g/mol. The van der Waals surface area contributed by atoms with Crippen LogP contribution in [0, 0.1) is 0 Å². The highest BCUT2D eigenvalue weighted by Gasteiger charge is 2.22. The highest BCUT2D eigenvalue weighted by molar-refractivity contribution is 5.77. The van der Waals surface area contributed by atoms with Crippen LogP contribution in [-0.4, -0.2) is 91.3 Å². The molecule has 0 saturated carbocycles. The Morgan fingerprint density at radius 1 is 1.09 bits per heavy atom. The van der Waals surface area contributed by atoms with E-state index in [4.69, 9.17) is 14.8 Å². The zero-order valence-corrected chi connectivity index (χ0v) is 25.7. The first-order chi connectivity index (χ1) is 21.6. The molecule has 13 nitrogen and oxygen atoms in total. The Morgan fingerprint density at radius 2 is 1.84 bits per heavy atom. The van der Waals surface area contributed by atoms with Gasteiger partial charge in [-0.25, -0.2) is 19.3 Å². The van der Waals surface area contributed by atoms with E-state index in [1.54, 1.807) is 42.8 Å². The van der Waals surface area contributed by atoms with Crippen molar-refractivity contribution >= 4 is 34.3 Å². The topological polar surface area (TPSA) is 151 Å². The maximum absolute atomic E-state index is 13.3. The van der Waals surface area contributed by atoms with Crippen molar-refractivity contribution in [1.82, 2.24) is 29.2 Å². The number of carboxylic acids is 1. The molecule has 238 valence electrons. The molecule has 0 spiro atoms. The number of hydrogen-bond donors (Lipinski definition) is 3. The van der Waals surface area contributed by atoms with Crippen LogP contribution in [0.4, 0.5) is 17.3 Å². The molecule has 0 bridgehead atoms. The molecule has 4 aromatic rings. The first-order valence-corrected chi connectivity index (χ1v) is 15.1. The fraction of sp³-hybridized carbons (Fsp3) is 0.406. The van der Waals surface area contributed by atoms with Crippen molar-refractivity contribution in [2.75, 3.05) is 56.2 Å². The number of carboxylic acid groups (broad SMARTS) is 1. The second-order valence-corrected chi connectivity index (χ2v) is 11.5. The summed E-state index contributed by atoms with van der Waals surface area (Å²) >= 11 is 0. The van der Waals surface area contributed by atoms with E-state index in [1.165, 1.54) is 10.9 Å². The largest absolute Gasteiger partial charge is 0.481 e. The van der Waals surface area contributed by atoms with Gasteiger partial charge in [0.25, 0.3) is 5.56 Å². The summed E-state index contributed by atoms with van der Waals surface area (Å²) in [4.78, 5) is 42.3. The van der Waals surface area contributed by atoms with Gasteiger partial charge in [0.15, 0.2) is 11.5 Å². The van der Waals surface area contributed by atoms with E-state index >= 15 is 0 Å². The number of rotatable bonds is 14. The van der Waals surface area contributed by atoms with Crippen LogP contribution in [0.25, 0.3) is 16.9 Å². The molecule has 3 N–H and O–H groups in total. The average Bonchev–Trinajstić information content (AvgIpc) is 3.29. The Hall–Kier alpha value is -4.59. The minimum Gasteiger partial charge on any atom is -0.481 e. The molecule has 1 saturated heterocycles. The maximum atomic E-state index is 13.3. The number of piperazine rings is 1. The Morgan fingerprint density at radius 3 is 2.53 bits per heavy atom. The summed E-state index contributed by atoms with van der Waals surface area (Å²) in [5, 5.41) is 22.8. The molecule has 1 fully saturated rings. The molecule has 0 atom stereocenters. The molecule has 13 heteroatoms. The number of hydrogen-bond acceptors (Lipinski definition) is 10. The Bertz CT molecular complexity index is 1680. The second-order valence-electron chi connectivity index (χ2n) is 11.5. The quantitative estimate of drug-likeness (QED) is 0.142. The van der Waals surface area contributed by atoms with E-state index in [9.17, 15) is 14.7 Å². The lowest BCUT2D eigenvalue weighted by atomic mass is 10.1. The highest BCUT2D eigenvalue weighted by Crippen LogP contribution is 2.24. The number of allylic oxidation sites excluding steroid dienone is 1. The first-order valence-electron chi connectivity index (χ1n) is 15.1. The number of fused-ring (bicyclic) bond motifs is 1. The van der Waals surface area contributed by atoms with Crippen molar-refractivity contribution in [3.63, 3.8) is 0 Å². The number of carbonyl (C=O) groups is 1. The standard InChI is InChI=1S/C32H40N8O5/c1-4-14-39-30(43)25-22-33-31(36-29(25)40(39)27-8-5-7-26(35-27)32(2,3)44)34-23-10-12-24(13-11-23)38-17-15-37(16-18-38)19-21-45-20-6-9-28(41)42/h4-5,7-8,10-13,22,44H,1,6,9,14-21H2,2-3H3,(H,41,42)(H,33,34,36). The van der Waals surface area contributed by atoms with E-state index in [0.717, 1.165) is 44.1 Å². The first kappa shape index (κ1) is 31.8. The van der Waals surface area contributed by atoms with Crippen LogP contribution in [0.5, 0.6) is 0 Å². The van der Waals surface area contributed by atoms with Crippen LogP contribution >= 0.6 is 0 Å². The summed E-state index contributed by atoms with van der Waals surface area (Å²) in [6.45, 7) is 12.9. The van der Waals surface area contributed by atoms with Gasteiger partial charge >= 0.3 is 5.97 Å². The zero-order valence-electron chi connectivity index (χ0n) is 25.7. The third-order valence-electron chi connectivity index (χ3n) is 7.65. The Kier molecular flexibility index (Phi) is 9.91. The summed E-state index contributed by atoms with van der Waals surface area (Å²) in [6, 6.07) is 13.4. The van der Waals surface area contributed by atoms with Gasteiger partial charge in [-0.05, 0) is 56.7 Å². The number of aliphatic carboxylic acids is 1. The lowest BCUT2D eigenvalue weighted by Crippen LogP contribution is -2.47. The minimum atomic E-state index is -1.16. The fourth-order valence-corrected chi connectivity index (χ4v) is 5.23. The van der Waals surface area contributed by atoms with Crippen molar-refractivity contribution in [3.8, 4) is 5.82 Å². The van der Waals surface area contributed by atoms with Gasteiger partial charge in [0, 0.05) is 63.3 Å². The van der Waals surface area contributed by atoms with Crippen LogP contribution in [0.1, 0.15) is 32.4 Å². The number of pyridine rings is 1. The van der Waals surface area contributed by atoms with Gasteiger partial charge in [-0.3, -0.25) is 14.5 Å². The molecule has 45 heavy (non-hydrogen) atoms. The molecule has 1 aromatic carbocycles. The van der Waals surface area contributed by atoms with Gasteiger partial charge < -0.3 is 25.2 Å². The van der Waals surface area contributed by atoms with E-state index in [0.29, 0.717) is 48.1 Å². The number of ether oxygens (including phenoxy) is 1. The number of benzene rings is 1. The summed E-state index contributed by atoms with van der Waals surface area (Å²) in [5.41, 5.74) is 1.35. The summed E-state index contributed by atoms with van der Waals surface area (Å²) in [6.07, 6.45) is 3.82. The average molecular weight is 617 g/mol. The minimum absolute atomic E-state index is 0.138. The Balaban J connectivity index is 1.25. The zero-order chi connectivity index (χ0) is 32.0. The molecular weight excluding hydrogens is 576 g/mol. The molecule has 3 aromatic heterocycles. The number of nitrogens with one attached hydrogen (secondary N) is 1. The number of aromatic nitrogens is 5. The van der Waals surface area contributed by atoms with E-state index in [2.05, 4.69) is 43.8 Å². The molecule has 0 radical (unpaired) electrons. The molecular formula is C32H40N8O5. The SMILES string of the molecule is C=CCn1c(=O)c2cnc(Nc3ccc(N4CCN(CCOCCCC(=O)O)CC4)cc3)nc2n1-c1cccc(C(C)(C)O)n1. The fourth-order valence-electron chi connectivity index (χ4n) is 5.23. The highest BCUT2D eigenvalue weighted by atomic mass is 16.5. The third-order valence-corrected chi connectivity index (χ3v) is 7.65. The summed E-state index contributed by atoms with van der Waals surface area (Å²) in [5.74, 6) is -0.0161. The van der Waals surface area contributed by atoms with Gasteiger partial charge in [0.1, 0.15) is 11.0 Å². The number of aliphatic hydroxyl groups is 1. The normalized spacial score (nSPS) is 14.2. The van der Waals surface area contributed by atoms with Crippen molar-refractivity contribution < 1.29 is 19.7 Å². The van der Waals surface area contributed by atoms with E-state index in [-0.39, 0.29) is 18.5 Å². The molecule has 0 unspecified atom stereocenters. The van der Waals surface area contributed by atoms with E-state index < -0.39 is 11.6 Å². The predicted molar refractivity (Wildman–Crippen MR) is 172 cm³/mol. The predicted octanol–water partition coefficient (Wildman–Crippen LogP) is 3.14. The van der Waals surface area contributed by atoms with Crippen LogP contribution in [0.3, 0.4) is 0 Å². The van der Waals surface area contributed by atoms with Crippen molar-refractivity contribution in [2.24, 2.45) is 0 Å². The molecule has 4 heterocycles. The van der Waals surface area contributed by atoms with Gasteiger partial charge in [-0.15, -0.1) is 6.58 Å². The van der Waals surface area contributed by atoms with Crippen molar-refractivity contribution in [2.45, 2.75) is 38.8 Å². The van der Waals surface area contributed by atoms with Gasteiger partial charge in [-0.2, -0.15) is 4.98 Å². The third kappa shape index (κ3) is 7.74. The molecule has 0 amide bonds. The lowest BCUT2D eigenvalue weighted by molar-refractivity contribution is -0.137. The molecule has 5 rings (SSSR count). The van der Waals surface area contributed by atoms with Gasteiger partial charge in [0.2, 0.25) is 5.95 Å². The van der Waals surface area contributed by atoms with Gasteiger partial charge in [0.05, 0.1) is 18.8 Å². The van der Waals surface area contributed by atoms with Crippen LogP contribution in [0.15, 0.2) is 66.1 Å². The summed E-state index contributed by atoms with van der Waals surface area (Å²) < 4.78 is 8.71. The smallest absolute Gasteiger partial charge is 0.303 e. The number of nitrogens with zero attached hydrogens (tertiary/aromatic N) is 7. The van der Waals surface area contributed by atoms with E-state index in [1.807, 2.05) is 12.1 Å². The molecule has 0 aliphatic carbocycles. The van der Waals surface area contributed by atoms with Crippen LogP contribution in [-0.2, 0) is 21.7 Å². The summed E-state index contributed by atoms with van der Waals surface area (Å²) in [7, 11) is 0. The van der Waals surface area contributed by atoms with Gasteiger partial charge in [-0.1, -0.05) is 12.1 Å². The Labute approximate surface area is 261 Å².